The van der Waals surface area contributed by atoms with Crippen molar-refractivity contribution < 1.29 is 27.5 Å². The van der Waals surface area contributed by atoms with Crippen LogP contribution in [0.4, 0.5) is 5.69 Å². The molecule has 2 rings (SSSR count). The van der Waals surface area contributed by atoms with Crippen LogP contribution in [0.15, 0.2) is 53.4 Å². The molecular weight excluding hydrogens is 384 g/mol. The minimum absolute atomic E-state index is 0.0457. The van der Waals surface area contributed by atoms with Crippen LogP contribution >= 0.6 is 0 Å². The molecule has 0 atom stereocenters. The molecule has 2 aromatic rings. The Labute approximate surface area is 163 Å². The van der Waals surface area contributed by atoms with E-state index in [1.807, 2.05) is 0 Å². The first-order valence-electron chi connectivity index (χ1n) is 8.22. The third-order valence-electron chi connectivity index (χ3n) is 3.73. The van der Waals surface area contributed by atoms with Gasteiger partial charge in [0.1, 0.15) is 0 Å². The number of carbonyl (C=O) groups excluding carboxylic acids is 3. The van der Waals surface area contributed by atoms with Crippen molar-refractivity contribution in [1.29, 1.82) is 0 Å². The quantitative estimate of drug-likeness (QED) is 0.558. The molecule has 0 fully saturated rings. The van der Waals surface area contributed by atoms with E-state index >= 15 is 0 Å². The van der Waals surface area contributed by atoms with Gasteiger partial charge in [0.15, 0.2) is 12.4 Å². The van der Waals surface area contributed by atoms with Crippen molar-refractivity contribution in [1.82, 2.24) is 4.31 Å². The number of nitrogens with one attached hydrogen (secondary N) is 1. The molecule has 9 heteroatoms. The second-order valence-electron chi connectivity index (χ2n) is 6.07. The number of benzene rings is 2. The summed E-state index contributed by atoms with van der Waals surface area (Å²) >= 11 is 0. The lowest BCUT2D eigenvalue weighted by Crippen LogP contribution is -2.22. The smallest absolute Gasteiger partial charge is 0.338 e. The third-order valence-corrected chi connectivity index (χ3v) is 5.56. The molecule has 0 aliphatic heterocycles. The fraction of sp³-hybridized carbons (Fsp3) is 0.211. The Morgan fingerprint density at radius 3 is 1.96 bits per heavy atom. The molecule has 0 saturated carbocycles. The number of nitrogens with zero attached hydrogens (tertiary/aromatic N) is 1. The van der Waals surface area contributed by atoms with Gasteiger partial charge in [0.25, 0.3) is 0 Å². The number of sulfonamides is 1. The summed E-state index contributed by atoms with van der Waals surface area (Å²) in [6.07, 6.45) is 0. The molecular formula is C19H20N2O6S. The summed E-state index contributed by atoms with van der Waals surface area (Å²) in [5, 5.41) is 2.58. The number of Topliss-reactive ketones (excluding diaryl/α,β-unsaturated/α-hetero) is 1. The van der Waals surface area contributed by atoms with Crippen molar-refractivity contribution >= 4 is 33.4 Å². The number of ether oxygens (including phenoxy) is 1. The standard InChI is InChI=1S/C19H20N2O6S/c1-13(22)20-16-8-4-14(5-9-16)18(23)12-27-19(24)15-6-10-17(11-7-15)28(25,26)21(2)3/h4-11H,12H2,1-3H3,(H,20,22). The SMILES string of the molecule is CC(=O)Nc1ccc(C(=O)COC(=O)c2ccc(S(=O)(=O)N(C)C)cc2)cc1. The third kappa shape index (κ3) is 5.24. The largest absolute Gasteiger partial charge is 0.454 e. The van der Waals surface area contributed by atoms with Gasteiger partial charge < -0.3 is 10.1 Å². The highest BCUT2D eigenvalue weighted by Crippen LogP contribution is 2.15. The van der Waals surface area contributed by atoms with Crippen molar-refractivity contribution in [2.45, 2.75) is 11.8 Å². The summed E-state index contributed by atoms with van der Waals surface area (Å²) in [7, 11) is -0.774. The topological polar surface area (TPSA) is 110 Å². The molecule has 28 heavy (non-hydrogen) atoms. The zero-order valence-electron chi connectivity index (χ0n) is 15.6. The lowest BCUT2D eigenvalue weighted by Gasteiger charge is -2.11. The molecule has 148 valence electrons. The van der Waals surface area contributed by atoms with E-state index in [0.29, 0.717) is 11.3 Å². The van der Waals surface area contributed by atoms with Gasteiger partial charge in [0.2, 0.25) is 15.9 Å². The minimum Gasteiger partial charge on any atom is -0.454 e. The number of ketones is 1. The summed E-state index contributed by atoms with van der Waals surface area (Å²) < 4.78 is 30.1. The first-order valence-corrected chi connectivity index (χ1v) is 9.66. The Balaban J connectivity index is 1.98. The summed E-state index contributed by atoms with van der Waals surface area (Å²) in [6.45, 7) is 0.914. The molecule has 0 saturated heterocycles. The van der Waals surface area contributed by atoms with E-state index in [0.717, 1.165) is 4.31 Å². The van der Waals surface area contributed by atoms with E-state index in [9.17, 15) is 22.8 Å². The van der Waals surface area contributed by atoms with Gasteiger partial charge in [0.05, 0.1) is 10.5 Å². The summed E-state index contributed by atoms with van der Waals surface area (Å²) in [5.74, 6) is -1.37. The average molecular weight is 404 g/mol. The van der Waals surface area contributed by atoms with Crippen LogP contribution in [0.3, 0.4) is 0 Å². The van der Waals surface area contributed by atoms with Gasteiger partial charge in [-0.25, -0.2) is 17.5 Å². The highest BCUT2D eigenvalue weighted by molar-refractivity contribution is 7.89. The van der Waals surface area contributed by atoms with Crippen LogP contribution in [0.1, 0.15) is 27.6 Å². The second-order valence-corrected chi connectivity index (χ2v) is 8.22. The second kappa shape index (κ2) is 8.77. The van der Waals surface area contributed by atoms with Gasteiger partial charge >= 0.3 is 5.97 Å². The van der Waals surface area contributed by atoms with Crippen LogP contribution in [0.25, 0.3) is 0 Å². The maximum Gasteiger partial charge on any atom is 0.338 e. The van der Waals surface area contributed by atoms with Gasteiger partial charge in [-0.15, -0.1) is 0 Å². The molecule has 0 radical (unpaired) electrons. The van der Waals surface area contributed by atoms with Crippen LogP contribution in [-0.4, -0.2) is 51.1 Å². The zero-order chi connectivity index (χ0) is 20.9. The van der Waals surface area contributed by atoms with Crippen LogP contribution in [0.5, 0.6) is 0 Å². The first kappa shape index (κ1) is 21.3. The number of anilines is 1. The van der Waals surface area contributed by atoms with E-state index in [1.54, 1.807) is 12.1 Å². The van der Waals surface area contributed by atoms with Crippen molar-refractivity contribution in [3.63, 3.8) is 0 Å². The minimum atomic E-state index is -3.59. The van der Waals surface area contributed by atoms with Gasteiger partial charge in [-0.2, -0.15) is 0 Å². The molecule has 2 aromatic carbocycles. The first-order chi connectivity index (χ1) is 13.1. The molecule has 0 aliphatic carbocycles. The lowest BCUT2D eigenvalue weighted by atomic mass is 10.1. The maximum atomic E-state index is 12.1. The molecule has 0 aromatic heterocycles. The fourth-order valence-corrected chi connectivity index (χ4v) is 3.12. The summed E-state index contributed by atoms with van der Waals surface area (Å²) in [5.41, 5.74) is 1.01. The van der Waals surface area contributed by atoms with Crippen LogP contribution < -0.4 is 5.32 Å². The van der Waals surface area contributed by atoms with Gasteiger partial charge in [-0.05, 0) is 48.5 Å². The molecule has 1 amide bonds. The van der Waals surface area contributed by atoms with Crippen LogP contribution in [0.2, 0.25) is 0 Å². The average Bonchev–Trinajstić information content (AvgIpc) is 2.66. The molecule has 1 N–H and O–H groups in total. The Hall–Kier alpha value is -3.04. The number of esters is 1. The predicted octanol–water partition coefficient (Wildman–Crippen LogP) is 1.94. The number of rotatable bonds is 7. The van der Waals surface area contributed by atoms with E-state index in [1.165, 1.54) is 57.4 Å². The van der Waals surface area contributed by atoms with E-state index in [-0.39, 0.29) is 16.4 Å². The normalized spacial score (nSPS) is 11.1. The monoisotopic (exact) mass is 404 g/mol. The number of amides is 1. The Bertz CT molecular complexity index is 980. The number of hydrogen-bond donors (Lipinski definition) is 1. The lowest BCUT2D eigenvalue weighted by molar-refractivity contribution is -0.114. The van der Waals surface area contributed by atoms with Crippen LogP contribution in [0, 0.1) is 0 Å². The van der Waals surface area contributed by atoms with Crippen molar-refractivity contribution in [2.75, 3.05) is 26.0 Å². The van der Waals surface area contributed by atoms with Gasteiger partial charge in [0, 0.05) is 32.3 Å². The highest BCUT2D eigenvalue weighted by Gasteiger charge is 2.18. The van der Waals surface area contributed by atoms with Crippen molar-refractivity contribution in [2.24, 2.45) is 0 Å². The number of hydrogen-bond acceptors (Lipinski definition) is 6. The summed E-state index contributed by atoms with van der Waals surface area (Å²) in [6, 6.07) is 11.4. The Morgan fingerprint density at radius 1 is 0.929 bits per heavy atom. The molecule has 0 heterocycles. The molecule has 8 nitrogen and oxygen atoms in total. The van der Waals surface area contributed by atoms with Gasteiger partial charge in [-0.3, -0.25) is 9.59 Å². The maximum absolute atomic E-state index is 12.1. The molecule has 0 spiro atoms. The molecule has 0 bridgehead atoms. The zero-order valence-corrected chi connectivity index (χ0v) is 16.4. The van der Waals surface area contributed by atoms with Gasteiger partial charge in [-0.1, -0.05) is 0 Å². The highest BCUT2D eigenvalue weighted by atomic mass is 32.2. The van der Waals surface area contributed by atoms with Crippen LogP contribution in [-0.2, 0) is 19.6 Å². The van der Waals surface area contributed by atoms with E-state index < -0.39 is 28.4 Å². The molecule has 0 aliphatic rings. The van der Waals surface area contributed by atoms with E-state index in [2.05, 4.69) is 5.32 Å². The van der Waals surface area contributed by atoms with Crippen molar-refractivity contribution in [3.8, 4) is 0 Å². The van der Waals surface area contributed by atoms with Crippen molar-refractivity contribution in [3.05, 3.63) is 59.7 Å². The fourth-order valence-electron chi connectivity index (χ4n) is 2.21. The predicted molar refractivity (Wildman–Crippen MR) is 103 cm³/mol. The van der Waals surface area contributed by atoms with E-state index in [4.69, 9.17) is 4.74 Å². The Kier molecular flexibility index (Phi) is 6.66. The Morgan fingerprint density at radius 2 is 1.46 bits per heavy atom. The number of carbonyl (C=O) groups is 3. The molecule has 0 unspecified atom stereocenters. The summed E-state index contributed by atoms with van der Waals surface area (Å²) in [4.78, 5) is 35.2.